The molecule has 114 valence electrons. The smallest absolute Gasteiger partial charge is 0.254 e. The summed E-state index contributed by atoms with van der Waals surface area (Å²) in [5, 5.41) is 11.3. The van der Waals surface area contributed by atoms with Crippen molar-refractivity contribution < 1.29 is 19.0 Å². The highest BCUT2D eigenvalue weighted by Gasteiger charge is 2.19. The predicted octanol–water partition coefficient (Wildman–Crippen LogP) is 1.71. The Balaban J connectivity index is 2.76. The Kier molecular flexibility index (Phi) is 6.35. The largest absolute Gasteiger partial charge is 0.395 e. The first-order chi connectivity index (χ1) is 9.89. The lowest BCUT2D eigenvalue weighted by Crippen LogP contribution is -2.40. The summed E-state index contributed by atoms with van der Waals surface area (Å²) in [5.74, 6) is 4.29. The first-order valence-corrected chi connectivity index (χ1v) is 6.62. The molecule has 1 aromatic carbocycles. The molecule has 0 heterocycles. The van der Waals surface area contributed by atoms with E-state index in [2.05, 4.69) is 17.2 Å². The van der Waals surface area contributed by atoms with Gasteiger partial charge in [-0.15, -0.1) is 0 Å². The third-order valence-electron chi connectivity index (χ3n) is 2.91. The molecule has 1 amide bonds. The van der Waals surface area contributed by atoms with Crippen molar-refractivity contribution >= 4 is 5.91 Å². The van der Waals surface area contributed by atoms with Crippen LogP contribution in [0, 0.1) is 17.7 Å². The van der Waals surface area contributed by atoms with Gasteiger partial charge >= 0.3 is 0 Å². The van der Waals surface area contributed by atoms with E-state index in [0.29, 0.717) is 12.0 Å². The number of ether oxygens (including phenoxy) is 1. The summed E-state index contributed by atoms with van der Waals surface area (Å²) in [7, 11) is 1.55. The van der Waals surface area contributed by atoms with Crippen LogP contribution in [0.1, 0.15) is 36.2 Å². The van der Waals surface area contributed by atoms with Crippen LogP contribution in [0.3, 0.4) is 0 Å². The van der Waals surface area contributed by atoms with Gasteiger partial charge in [-0.25, -0.2) is 4.39 Å². The average molecular weight is 293 g/mol. The van der Waals surface area contributed by atoms with E-state index in [0.717, 1.165) is 0 Å². The zero-order chi connectivity index (χ0) is 15.9. The number of aliphatic hydroxyl groups excluding tert-OH is 1. The first kappa shape index (κ1) is 17.2. The Hall–Kier alpha value is -1.90. The van der Waals surface area contributed by atoms with Crippen LogP contribution in [-0.2, 0) is 4.74 Å². The van der Waals surface area contributed by atoms with Crippen molar-refractivity contribution in [3.05, 3.63) is 35.1 Å². The van der Waals surface area contributed by atoms with Crippen molar-refractivity contribution in [2.24, 2.45) is 0 Å². The molecule has 0 unspecified atom stereocenters. The fourth-order valence-corrected chi connectivity index (χ4v) is 1.46. The minimum absolute atomic E-state index is 0.0328. The van der Waals surface area contributed by atoms with Gasteiger partial charge in [0, 0.05) is 25.6 Å². The van der Waals surface area contributed by atoms with Gasteiger partial charge in [0.15, 0.2) is 0 Å². The lowest BCUT2D eigenvalue weighted by atomic mass is 10.1. The third kappa shape index (κ3) is 5.54. The Labute approximate surface area is 124 Å². The SMILES string of the molecule is COC(C)(C)CNC(=O)c1ccc(C#CCCO)cc1F. The lowest BCUT2D eigenvalue weighted by Gasteiger charge is -2.23. The van der Waals surface area contributed by atoms with Crippen LogP contribution in [0.15, 0.2) is 18.2 Å². The predicted molar refractivity (Wildman–Crippen MR) is 78.4 cm³/mol. The molecule has 0 aliphatic carbocycles. The molecule has 21 heavy (non-hydrogen) atoms. The first-order valence-electron chi connectivity index (χ1n) is 6.62. The topological polar surface area (TPSA) is 58.6 Å². The molecule has 1 aromatic rings. The van der Waals surface area contributed by atoms with Crippen molar-refractivity contribution in [3.63, 3.8) is 0 Å². The van der Waals surface area contributed by atoms with Gasteiger partial charge in [0.25, 0.3) is 5.91 Å². The van der Waals surface area contributed by atoms with Crippen LogP contribution in [0.2, 0.25) is 0 Å². The molecule has 0 aromatic heterocycles. The van der Waals surface area contributed by atoms with Crippen LogP contribution >= 0.6 is 0 Å². The molecule has 0 saturated carbocycles. The van der Waals surface area contributed by atoms with Crippen molar-refractivity contribution in [2.45, 2.75) is 25.9 Å². The molecule has 0 saturated heterocycles. The van der Waals surface area contributed by atoms with Gasteiger partial charge in [-0.1, -0.05) is 11.8 Å². The van der Waals surface area contributed by atoms with Crippen molar-refractivity contribution in [3.8, 4) is 11.8 Å². The quantitative estimate of drug-likeness (QED) is 0.813. The summed E-state index contributed by atoms with van der Waals surface area (Å²) in [5.41, 5.74) is -0.0775. The maximum atomic E-state index is 13.9. The molecule has 0 spiro atoms. The molecule has 0 fully saturated rings. The van der Waals surface area contributed by atoms with E-state index >= 15 is 0 Å². The van der Waals surface area contributed by atoms with Gasteiger partial charge in [-0.3, -0.25) is 4.79 Å². The second-order valence-corrected chi connectivity index (χ2v) is 5.12. The molecule has 1 rings (SSSR count). The number of carbonyl (C=O) groups is 1. The number of nitrogens with one attached hydrogen (secondary N) is 1. The number of rotatable bonds is 5. The number of carbonyl (C=O) groups excluding carboxylic acids is 1. The van der Waals surface area contributed by atoms with Crippen molar-refractivity contribution in [1.82, 2.24) is 5.32 Å². The van der Waals surface area contributed by atoms with Crippen molar-refractivity contribution in [2.75, 3.05) is 20.3 Å². The van der Waals surface area contributed by atoms with E-state index in [1.54, 1.807) is 13.2 Å². The van der Waals surface area contributed by atoms with E-state index in [1.807, 2.05) is 13.8 Å². The minimum Gasteiger partial charge on any atom is -0.395 e. The summed E-state index contributed by atoms with van der Waals surface area (Å²) in [6.07, 6.45) is 0.329. The number of methoxy groups -OCH3 is 1. The number of amides is 1. The number of halogens is 1. The van der Waals surface area contributed by atoms with Gasteiger partial charge in [-0.2, -0.15) is 0 Å². The third-order valence-corrected chi connectivity index (χ3v) is 2.91. The van der Waals surface area contributed by atoms with E-state index in [1.165, 1.54) is 12.1 Å². The highest BCUT2D eigenvalue weighted by atomic mass is 19.1. The van der Waals surface area contributed by atoms with Crippen LogP contribution < -0.4 is 5.32 Å². The molecule has 0 atom stereocenters. The zero-order valence-corrected chi connectivity index (χ0v) is 12.5. The molecule has 0 aliphatic rings. The lowest BCUT2D eigenvalue weighted by molar-refractivity contribution is 0.0228. The summed E-state index contributed by atoms with van der Waals surface area (Å²) in [6, 6.07) is 4.18. The van der Waals surface area contributed by atoms with Gasteiger partial charge in [-0.05, 0) is 32.0 Å². The minimum atomic E-state index is -0.626. The number of hydrogen-bond acceptors (Lipinski definition) is 3. The standard InChI is InChI=1S/C16H20FNO3/c1-16(2,21-3)11-18-15(20)13-8-7-12(10-14(13)17)6-4-5-9-19/h7-8,10,19H,5,9,11H2,1-3H3,(H,18,20). The molecule has 0 radical (unpaired) electrons. The van der Waals surface area contributed by atoms with Crippen molar-refractivity contribution in [1.29, 1.82) is 0 Å². The van der Waals surface area contributed by atoms with E-state index in [9.17, 15) is 9.18 Å². The normalized spacial score (nSPS) is 10.7. The van der Waals surface area contributed by atoms with Crippen LogP contribution in [-0.4, -0.2) is 36.9 Å². The summed E-state index contributed by atoms with van der Waals surface area (Å²) >= 11 is 0. The fraction of sp³-hybridized carbons (Fsp3) is 0.438. The summed E-state index contributed by atoms with van der Waals surface area (Å²) < 4.78 is 19.1. The highest BCUT2D eigenvalue weighted by Crippen LogP contribution is 2.11. The Bertz CT molecular complexity index is 558. The van der Waals surface area contributed by atoms with Gasteiger partial charge in [0.1, 0.15) is 5.82 Å². The van der Waals surface area contributed by atoms with E-state index in [-0.39, 0.29) is 18.7 Å². The van der Waals surface area contributed by atoms with E-state index in [4.69, 9.17) is 9.84 Å². The molecule has 0 bridgehead atoms. The maximum Gasteiger partial charge on any atom is 0.254 e. The van der Waals surface area contributed by atoms with Crippen LogP contribution in [0.25, 0.3) is 0 Å². The molecule has 2 N–H and O–H groups in total. The Morgan fingerprint density at radius 2 is 2.19 bits per heavy atom. The zero-order valence-electron chi connectivity index (χ0n) is 12.5. The van der Waals surface area contributed by atoms with Gasteiger partial charge in [0.05, 0.1) is 17.8 Å². The van der Waals surface area contributed by atoms with Crippen LogP contribution in [0.4, 0.5) is 4.39 Å². The molecular formula is C16H20FNO3. The number of benzene rings is 1. The second kappa shape index (κ2) is 7.77. The molecular weight excluding hydrogens is 273 g/mol. The maximum absolute atomic E-state index is 13.9. The highest BCUT2D eigenvalue weighted by molar-refractivity contribution is 5.94. The molecule has 0 aliphatic heterocycles. The summed E-state index contributed by atoms with van der Waals surface area (Å²) in [6.45, 7) is 3.89. The van der Waals surface area contributed by atoms with E-state index < -0.39 is 17.3 Å². The van der Waals surface area contributed by atoms with Crippen LogP contribution in [0.5, 0.6) is 0 Å². The fourth-order valence-electron chi connectivity index (χ4n) is 1.46. The number of aliphatic hydroxyl groups is 1. The number of hydrogen-bond donors (Lipinski definition) is 2. The average Bonchev–Trinajstić information content (AvgIpc) is 2.45. The Morgan fingerprint density at radius 1 is 1.48 bits per heavy atom. The van der Waals surface area contributed by atoms with Gasteiger partial charge in [0.2, 0.25) is 0 Å². The Morgan fingerprint density at radius 3 is 2.76 bits per heavy atom. The van der Waals surface area contributed by atoms with Gasteiger partial charge < -0.3 is 15.2 Å². The second-order valence-electron chi connectivity index (χ2n) is 5.12. The molecule has 4 nitrogen and oxygen atoms in total. The monoisotopic (exact) mass is 293 g/mol. The molecule has 5 heteroatoms. The summed E-state index contributed by atoms with van der Waals surface area (Å²) in [4.78, 5) is 11.9.